The highest BCUT2D eigenvalue weighted by atomic mass is 16.5. The lowest BCUT2D eigenvalue weighted by Gasteiger charge is -2.12. The van der Waals surface area contributed by atoms with Gasteiger partial charge in [0.2, 0.25) is 5.91 Å². The maximum absolute atomic E-state index is 11.9. The third kappa shape index (κ3) is 9.84. The molecular weight excluding hydrogens is 304 g/mol. The summed E-state index contributed by atoms with van der Waals surface area (Å²) < 4.78 is 5.55. The van der Waals surface area contributed by atoms with Gasteiger partial charge in [-0.05, 0) is 31.4 Å². The van der Waals surface area contributed by atoms with Gasteiger partial charge in [-0.3, -0.25) is 4.79 Å². The molecule has 0 radical (unpaired) electrons. The number of guanidine groups is 1. The van der Waals surface area contributed by atoms with E-state index in [1.54, 1.807) is 0 Å². The minimum Gasteiger partial charge on any atom is -0.380 e. The zero-order valence-electron chi connectivity index (χ0n) is 15.0. The second kappa shape index (κ2) is 12.4. The zero-order chi connectivity index (χ0) is 17.6. The van der Waals surface area contributed by atoms with Crippen molar-refractivity contribution in [2.24, 2.45) is 10.9 Å². The van der Waals surface area contributed by atoms with E-state index in [4.69, 9.17) is 4.74 Å². The van der Waals surface area contributed by atoms with E-state index in [0.29, 0.717) is 25.0 Å². The number of anilines is 1. The van der Waals surface area contributed by atoms with E-state index in [1.807, 2.05) is 37.3 Å². The molecule has 3 N–H and O–H groups in total. The third-order valence-electron chi connectivity index (χ3n) is 3.16. The van der Waals surface area contributed by atoms with Gasteiger partial charge in [-0.2, -0.15) is 0 Å². The second-order valence-electron chi connectivity index (χ2n) is 5.83. The summed E-state index contributed by atoms with van der Waals surface area (Å²) in [5.74, 6) is 1.12. The first-order valence-electron chi connectivity index (χ1n) is 8.56. The number of ether oxygens (including phenoxy) is 1. The van der Waals surface area contributed by atoms with E-state index >= 15 is 0 Å². The molecule has 0 spiro atoms. The van der Waals surface area contributed by atoms with E-state index < -0.39 is 0 Å². The van der Waals surface area contributed by atoms with Crippen LogP contribution in [0.25, 0.3) is 0 Å². The number of amides is 1. The Kier molecular flexibility index (Phi) is 10.3. The lowest BCUT2D eigenvalue weighted by atomic mass is 10.1. The Morgan fingerprint density at radius 3 is 2.58 bits per heavy atom. The molecule has 0 unspecified atom stereocenters. The van der Waals surface area contributed by atoms with Crippen LogP contribution in [-0.4, -0.2) is 44.7 Å². The number of aliphatic imine (C=N–C) groups is 1. The number of nitrogens with zero attached hydrogens (tertiary/aromatic N) is 1. The number of hydrogen-bond acceptors (Lipinski definition) is 3. The predicted octanol–water partition coefficient (Wildman–Crippen LogP) is 2.24. The molecule has 1 aromatic rings. The number of rotatable bonds is 10. The Bertz CT molecular complexity index is 489. The normalized spacial score (nSPS) is 11.4. The zero-order valence-corrected chi connectivity index (χ0v) is 15.0. The van der Waals surface area contributed by atoms with Crippen LogP contribution in [0, 0.1) is 5.92 Å². The number of carbonyl (C=O) groups excluding carboxylic acids is 1. The van der Waals surface area contributed by atoms with Crippen molar-refractivity contribution in [3.63, 3.8) is 0 Å². The van der Waals surface area contributed by atoms with Gasteiger partial charge in [-0.25, -0.2) is 4.99 Å². The van der Waals surface area contributed by atoms with Crippen LogP contribution in [0.15, 0.2) is 35.3 Å². The van der Waals surface area contributed by atoms with Gasteiger partial charge in [0, 0.05) is 25.4 Å². The Morgan fingerprint density at radius 1 is 1.17 bits per heavy atom. The fourth-order valence-electron chi connectivity index (χ4n) is 1.88. The topological polar surface area (TPSA) is 74.8 Å². The van der Waals surface area contributed by atoms with E-state index in [-0.39, 0.29) is 12.5 Å². The van der Waals surface area contributed by atoms with Crippen LogP contribution in [0.4, 0.5) is 5.69 Å². The van der Waals surface area contributed by atoms with Crippen molar-refractivity contribution < 1.29 is 9.53 Å². The van der Waals surface area contributed by atoms with Gasteiger partial charge in [-0.1, -0.05) is 32.0 Å². The molecule has 6 heteroatoms. The van der Waals surface area contributed by atoms with Gasteiger partial charge in [0.05, 0.1) is 6.61 Å². The van der Waals surface area contributed by atoms with Crippen molar-refractivity contribution in [2.75, 3.05) is 38.2 Å². The van der Waals surface area contributed by atoms with Crippen LogP contribution in [0.1, 0.15) is 27.2 Å². The molecule has 0 aliphatic carbocycles. The van der Waals surface area contributed by atoms with E-state index in [2.05, 4.69) is 34.8 Å². The predicted molar refractivity (Wildman–Crippen MR) is 99.3 cm³/mol. The highest BCUT2D eigenvalue weighted by molar-refractivity contribution is 5.94. The minimum atomic E-state index is -0.147. The summed E-state index contributed by atoms with van der Waals surface area (Å²) in [6.07, 6.45) is 1.06. The number of benzene rings is 1. The maximum Gasteiger partial charge on any atom is 0.246 e. The molecule has 0 aromatic heterocycles. The smallest absolute Gasteiger partial charge is 0.246 e. The number of carbonyl (C=O) groups is 1. The molecule has 134 valence electrons. The minimum absolute atomic E-state index is 0.0679. The highest BCUT2D eigenvalue weighted by Gasteiger charge is 2.03. The van der Waals surface area contributed by atoms with Crippen LogP contribution < -0.4 is 16.0 Å². The maximum atomic E-state index is 11.9. The summed E-state index contributed by atoms with van der Waals surface area (Å²) in [7, 11) is 0. The lowest BCUT2D eigenvalue weighted by Crippen LogP contribution is -2.39. The lowest BCUT2D eigenvalue weighted by molar-refractivity contribution is -0.114. The van der Waals surface area contributed by atoms with Gasteiger partial charge >= 0.3 is 0 Å². The molecule has 0 fully saturated rings. The molecule has 0 saturated heterocycles. The Balaban J connectivity index is 2.29. The average Bonchev–Trinajstić information content (AvgIpc) is 2.56. The Morgan fingerprint density at radius 2 is 1.92 bits per heavy atom. The van der Waals surface area contributed by atoms with Crippen LogP contribution in [-0.2, 0) is 9.53 Å². The average molecular weight is 334 g/mol. The van der Waals surface area contributed by atoms with Crippen molar-refractivity contribution in [1.29, 1.82) is 0 Å². The Labute approximate surface area is 145 Å². The molecule has 6 nitrogen and oxygen atoms in total. The van der Waals surface area contributed by atoms with Crippen molar-refractivity contribution in [3.05, 3.63) is 30.3 Å². The number of nitrogens with one attached hydrogen (secondary N) is 3. The SMILES string of the molecule is CCNC(=NCC(=O)Nc1ccccc1)NCCOCCC(C)C. The van der Waals surface area contributed by atoms with E-state index in [0.717, 1.165) is 25.3 Å². The molecule has 1 rings (SSSR count). The van der Waals surface area contributed by atoms with Crippen LogP contribution in [0.2, 0.25) is 0 Å². The van der Waals surface area contributed by atoms with Crippen LogP contribution >= 0.6 is 0 Å². The van der Waals surface area contributed by atoms with Gasteiger partial charge in [-0.15, -0.1) is 0 Å². The molecule has 0 aliphatic heterocycles. The fourth-order valence-corrected chi connectivity index (χ4v) is 1.88. The summed E-state index contributed by atoms with van der Waals surface area (Å²) in [5.41, 5.74) is 0.772. The number of hydrogen-bond donors (Lipinski definition) is 3. The quantitative estimate of drug-likeness (QED) is 0.348. The first kappa shape index (κ1) is 20.0. The largest absolute Gasteiger partial charge is 0.380 e. The molecule has 0 atom stereocenters. The molecule has 1 amide bonds. The fraction of sp³-hybridized carbons (Fsp3) is 0.556. The molecular formula is C18H30N4O2. The summed E-state index contributed by atoms with van der Waals surface area (Å²) in [6, 6.07) is 9.36. The molecule has 0 heterocycles. The molecule has 0 aliphatic rings. The van der Waals surface area contributed by atoms with E-state index in [1.165, 1.54) is 0 Å². The molecule has 0 bridgehead atoms. The summed E-state index contributed by atoms with van der Waals surface area (Å²) in [6.45, 7) is 9.19. The van der Waals surface area contributed by atoms with Crippen molar-refractivity contribution in [3.8, 4) is 0 Å². The monoisotopic (exact) mass is 334 g/mol. The highest BCUT2D eigenvalue weighted by Crippen LogP contribution is 2.04. The summed E-state index contributed by atoms with van der Waals surface area (Å²) in [5, 5.41) is 9.08. The third-order valence-corrected chi connectivity index (χ3v) is 3.16. The molecule has 1 aromatic carbocycles. The van der Waals surface area contributed by atoms with Gasteiger partial charge in [0.1, 0.15) is 6.54 Å². The first-order valence-corrected chi connectivity index (χ1v) is 8.56. The van der Waals surface area contributed by atoms with Gasteiger partial charge in [0.15, 0.2) is 5.96 Å². The number of para-hydroxylation sites is 1. The second-order valence-corrected chi connectivity index (χ2v) is 5.83. The van der Waals surface area contributed by atoms with Crippen molar-refractivity contribution >= 4 is 17.6 Å². The Hall–Kier alpha value is -2.08. The van der Waals surface area contributed by atoms with Gasteiger partial charge in [0.25, 0.3) is 0 Å². The molecule has 24 heavy (non-hydrogen) atoms. The standard InChI is InChI=1S/C18H30N4O2/c1-4-19-18(20-11-13-24-12-10-15(2)3)21-14-17(23)22-16-8-6-5-7-9-16/h5-9,15H,4,10-14H2,1-3H3,(H,22,23)(H2,19,20,21). The summed E-state index contributed by atoms with van der Waals surface area (Å²) >= 11 is 0. The van der Waals surface area contributed by atoms with Crippen molar-refractivity contribution in [1.82, 2.24) is 10.6 Å². The first-order chi connectivity index (χ1) is 11.6. The summed E-state index contributed by atoms with van der Waals surface area (Å²) in [4.78, 5) is 16.2. The van der Waals surface area contributed by atoms with Crippen molar-refractivity contribution in [2.45, 2.75) is 27.2 Å². The van der Waals surface area contributed by atoms with E-state index in [9.17, 15) is 4.79 Å². The van der Waals surface area contributed by atoms with Crippen LogP contribution in [0.5, 0.6) is 0 Å². The van der Waals surface area contributed by atoms with Gasteiger partial charge < -0.3 is 20.7 Å². The molecule has 0 saturated carbocycles. The van der Waals surface area contributed by atoms with Crippen LogP contribution in [0.3, 0.4) is 0 Å².